The van der Waals surface area contributed by atoms with Gasteiger partial charge in [-0.25, -0.2) is 8.78 Å². The highest BCUT2D eigenvalue weighted by Crippen LogP contribution is 2.36. The Hall–Kier alpha value is -2.65. The first kappa shape index (κ1) is 23.0. The van der Waals surface area contributed by atoms with Crippen molar-refractivity contribution in [1.82, 2.24) is 20.1 Å². The predicted octanol–water partition coefficient (Wildman–Crippen LogP) is 4.65. The molecule has 10 heteroatoms. The van der Waals surface area contributed by atoms with Crippen LogP contribution in [0.5, 0.6) is 0 Å². The van der Waals surface area contributed by atoms with Crippen molar-refractivity contribution in [1.29, 1.82) is 0 Å². The first-order chi connectivity index (χ1) is 14.7. The number of nitrogens with one attached hydrogen (secondary N) is 1. The van der Waals surface area contributed by atoms with E-state index in [9.17, 15) is 13.6 Å². The zero-order chi connectivity index (χ0) is 22.7. The Kier molecular flexibility index (Phi) is 7.17. The van der Waals surface area contributed by atoms with E-state index in [0.29, 0.717) is 6.54 Å². The summed E-state index contributed by atoms with van der Waals surface area (Å²) in [6.45, 7) is 7.46. The largest absolute Gasteiger partial charge is 0.351 e. The number of aryl methyl sites for hydroxylation is 2. The zero-order valence-electron chi connectivity index (χ0n) is 17.5. The fourth-order valence-corrected chi connectivity index (χ4v) is 4.46. The summed E-state index contributed by atoms with van der Waals surface area (Å²) in [5, 5.41) is 12.4. The molecule has 6 nitrogen and oxygen atoms in total. The van der Waals surface area contributed by atoms with Gasteiger partial charge in [-0.2, -0.15) is 0 Å². The molecule has 164 valence electrons. The third-order valence-electron chi connectivity index (χ3n) is 4.70. The second kappa shape index (κ2) is 9.65. The summed E-state index contributed by atoms with van der Waals surface area (Å²) in [5.41, 5.74) is 4.52. The summed E-state index contributed by atoms with van der Waals surface area (Å²) in [6.07, 6.45) is -2.45. The standard InChI is InChI=1S/C17H15ClN4S.C4H7F2NO/c1-9-10(2)23-17-15(9)16(12-4-6-13(18)7-5-12)19-8-14-21-20-11(3)22(14)17;1-3(8)7-2-4(5)6/h4-7H,8H2,1-3H3;4H,2H2,1H3,(H,7,8). The Labute approximate surface area is 188 Å². The molecule has 3 heterocycles. The van der Waals surface area contributed by atoms with Crippen LogP contribution >= 0.6 is 22.9 Å². The molecule has 0 radical (unpaired) electrons. The van der Waals surface area contributed by atoms with Crippen molar-refractivity contribution in [2.75, 3.05) is 6.54 Å². The topological polar surface area (TPSA) is 72.2 Å². The average molecular weight is 466 g/mol. The molecule has 1 amide bonds. The number of nitrogens with zero attached hydrogens (tertiary/aromatic N) is 4. The van der Waals surface area contributed by atoms with Crippen molar-refractivity contribution in [3.05, 3.63) is 62.5 Å². The van der Waals surface area contributed by atoms with Gasteiger partial charge in [-0.3, -0.25) is 14.4 Å². The number of benzene rings is 1. The van der Waals surface area contributed by atoms with Crippen LogP contribution < -0.4 is 5.32 Å². The molecule has 0 bridgehead atoms. The number of rotatable bonds is 3. The second-order valence-corrected chi connectivity index (χ2v) is 8.60. The van der Waals surface area contributed by atoms with E-state index in [0.717, 1.165) is 32.9 Å². The molecule has 1 aliphatic rings. The van der Waals surface area contributed by atoms with Crippen LogP contribution in [0, 0.1) is 20.8 Å². The Balaban J connectivity index is 0.000000293. The lowest BCUT2D eigenvalue weighted by Crippen LogP contribution is -2.25. The highest BCUT2D eigenvalue weighted by Gasteiger charge is 2.26. The summed E-state index contributed by atoms with van der Waals surface area (Å²) in [6, 6.07) is 7.86. The van der Waals surface area contributed by atoms with Crippen LogP contribution in [0.1, 0.15) is 40.1 Å². The molecule has 0 saturated heterocycles. The number of fused-ring (bicyclic) bond motifs is 3. The Morgan fingerprint density at radius 2 is 1.90 bits per heavy atom. The summed E-state index contributed by atoms with van der Waals surface area (Å²) in [7, 11) is 0. The predicted molar refractivity (Wildman–Crippen MR) is 119 cm³/mol. The van der Waals surface area contributed by atoms with Crippen LogP contribution in [0.3, 0.4) is 0 Å². The number of thiophene rings is 1. The van der Waals surface area contributed by atoms with Gasteiger partial charge in [0.2, 0.25) is 5.91 Å². The van der Waals surface area contributed by atoms with Crippen LogP contribution in [-0.2, 0) is 11.3 Å². The van der Waals surface area contributed by atoms with E-state index in [4.69, 9.17) is 16.6 Å². The third-order valence-corrected chi connectivity index (χ3v) is 6.14. The van der Waals surface area contributed by atoms with Crippen LogP contribution in [0.15, 0.2) is 29.3 Å². The first-order valence-corrected chi connectivity index (χ1v) is 10.7. The van der Waals surface area contributed by atoms with E-state index < -0.39 is 18.9 Å². The number of alkyl halides is 2. The zero-order valence-corrected chi connectivity index (χ0v) is 19.1. The Bertz CT molecular complexity index is 1120. The van der Waals surface area contributed by atoms with Crippen molar-refractivity contribution in [2.24, 2.45) is 4.99 Å². The lowest BCUT2D eigenvalue weighted by atomic mass is 10.00. The number of halogens is 3. The highest BCUT2D eigenvalue weighted by molar-refractivity contribution is 7.15. The van der Waals surface area contributed by atoms with Crippen LogP contribution in [0.4, 0.5) is 8.78 Å². The lowest BCUT2D eigenvalue weighted by molar-refractivity contribution is -0.119. The molecule has 0 atom stereocenters. The normalized spacial score (nSPS) is 12.3. The molecule has 2 aromatic heterocycles. The maximum atomic E-state index is 11.2. The molecule has 1 aliphatic heterocycles. The van der Waals surface area contributed by atoms with Crippen molar-refractivity contribution in [2.45, 2.75) is 40.7 Å². The first-order valence-electron chi connectivity index (χ1n) is 9.53. The maximum Gasteiger partial charge on any atom is 0.255 e. The van der Waals surface area contributed by atoms with Gasteiger partial charge in [0.1, 0.15) is 17.4 Å². The number of carbonyl (C=O) groups excluding carboxylic acids is 1. The molecule has 0 fully saturated rings. The molecular weight excluding hydrogens is 444 g/mol. The smallest absolute Gasteiger partial charge is 0.255 e. The van der Waals surface area contributed by atoms with E-state index in [1.807, 2.05) is 36.5 Å². The molecule has 0 saturated carbocycles. The summed E-state index contributed by atoms with van der Waals surface area (Å²) in [5.74, 6) is 1.36. The fourth-order valence-electron chi connectivity index (χ4n) is 3.11. The summed E-state index contributed by atoms with van der Waals surface area (Å²) >= 11 is 7.80. The molecule has 31 heavy (non-hydrogen) atoms. The molecule has 1 N–H and O–H groups in total. The molecule has 0 unspecified atom stereocenters. The van der Waals surface area contributed by atoms with E-state index in [1.54, 1.807) is 11.3 Å². The maximum absolute atomic E-state index is 11.2. The van der Waals surface area contributed by atoms with Gasteiger partial charge in [0.15, 0.2) is 5.82 Å². The second-order valence-electron chi connectivity index (χ2n) is 6.96. The van der Waals surface area contributed by atoms with Crippen LogP contribution in [0.2, 0.25) is 5.02 Å². The number of carbonyl (C=O) groups is 1. The lowest BCUT2D eigenvalue weighted by Gasteiger charge is -2.09. The minimum atomic E-state index is -2.45. The number of amides is 1. The third kappa shape index (κ3) is 5.16. The van der Waals surface area contributed by atoms with Crippen molar-refractivity contribution >= 4 is 34.6 Å². The Morgan fingerprint density at radius 3 is 2.48 bits per heavy atom. The molecule has 0 spiro atoms. The Morgan fingerprint density at radius 1 is 1.23 bits per heavy atom. The number of hydrogen-bond donors (Lipinski definition) is 1. The SMILES string of the molecule is CC(=O)NCC(F)F.Cc1sc2c(c1C)C(c1ccc(Cl)cc1)=NCc1nnc(C)n1-2. The van der Waals surface area contributed by atoms with Gasteiger partial charge >= 0.3 is 0 Å². The quantitative estimate of drug-likeness (QED) is 0.612. The van der Waals surface area contributed by atoms with Crippen molar-refractivity contribution in [3.8, 4) is 5.00 Å². The van der Waals surface area contributed by atoms with Gasteiger partial charge in [-0.1, -0.05) is 23.7 Å². The van der Waals surface area contributed by atoms with E-state index in [-0.39, 0.29) is 0 Å². The number of aromatic nitrogens is 3. The van der Waals surface area contributed by atoms with Gasteiger partial charge in [0, 0.05) is 28.0 Å². The molecular formula is C21H22ClF2N5OS. The monoisotopic (exact) mass is 465 g/mol. The van der Waals surface area contributed by atoms with Crippen LogP contribution in [-0.4, -0.2) is 39.4 Å². The fraction of sp³-hybridized carbons (Fsp3) is 0.333. The summed E-state index contributed by atoms with van der Waals surface area (Å²) in [4.78, 5) is 16.0. The van der Waals surface area contributed by atoms with Gasteiger partial charge < -0.3 is 5.32 Å². The number of hydrogen-bond acceptors (Lipinski definition) is 5. The van der Waals surface area contributed by atoms with E-state index in [1.165, 1.54) is 22.9 Å². The van der Waals surface area contributed by atoms with Crippen molar-refractivity contribution < 1.29 is 13.6 Å². The van der Waals surface area contributed by atoms with E-state index >= 15 is 0 Å². The van der Waals surface area contributed by atoms with Gasteiger partial charge in [-0.15, -0.1) is 21.5 Å². The minimum absolute atomic E-state index is 0.426. The number of aliphatic imine (C=N–C) groups is 1. The van der Waals surface area contributed by atoms with Crippen LogP contribution in [0.25, 0.3) is 5.00 Å². The average Bonchev–Trinajstić information content (AvgIpc) is 3.16. The minimum Gasteiger partial charge on any atom is -0.351 e. The molecule has 1 aromatic carbocycles. The van der Waals surface area contributed by atoms with Crippen molar-refractivity contribution in [3.63, 3.8) is 0 Å². The highest BCUT2D eigenvalue weighted by atomic mass is 35.5. The molecule has 3 aromatic rings. The van der Waals surface area contributed by atoms with Gasteiger partial charge in [-0.05, 0) is 38.5 Å². The van der Waals surface area contributed by atoms with Gasteiger partial charge in [0.05, 0.1) is 12.3 Å². The van der Waals surface area contributed by atoms with Gasteiger partial charge in [0.25, 0.3) is 6.43 Å². The summed E-state index contributed by atoms with van der Waals surface area (Å²) < 4.78 is 24.5. The van der Waals surface area contributed by atoms with E-state index in [2.05, 4.69) is 28.6 Å². The molecule has 4 rings (SSSR count). The molecule has 0 aliphatic carbocycles.